The predicted molar refractivity (Wildman–Crippen MR) is 50.2 cm³/mol. The van der Waals surface area contributed by atoms with Crippen LogP contribution in [0.4, 0.5) is 0 Å². The molecule has 14 heavy (non-hydrogen) atoms. The number of carbonyl (C=O) groups excluding carboxylic acids is 1. The summed E-state index contributed by atoms with van der Waals surface area (Å²) in [6.45, 7) is 6.45. The number of aryl methyl sites for hydroxylation is 1. The molecule has 0 N–H and O–H groups in total. The Labute approximate surface area is 80.8 Å². The van der Waals surface area contributed by atoms with Crippen molar-refractivity contribution in [3.8, 4) is 5.75 Å². The molecular weight excluding hydrogens is 184 g/mol. The van der Waals surface area contributed by atoms with Crippen LogP contribution in [0.15, 0.2) is 33.7 Å². The van der Waals surface area contributed by atoms with Crippen LogP contribution in [0.3, 0.4) is 0 Å². The lowest BCUT2D eigenvalue weighted by atomic mass is 10.3. The van der Waals surface area contributed by atoms with Crippen molar-refractivity contribution in [3.63, 3.8) is 0 Å². The first-order chi connectivity index (χ1) is 6.52. The number of esters is 1. The average molecular weight is 194 g/mol. The summed E-state index contributed by atoms with van der Waals surface area (Å²) in [4.78, 5) is 22.3. The van der Waals surface area contributed by atoms with Crippen LogP contribution < -0.4 is 10.2 Å². The molecule has 0 amide bonds. The van der Waals surface area contributed by atoms with Crippen molar-refractivity contribution in [1.29, 1.82) is 0 Å². The zero-order valence-corrected chi connectivity index (χ0v) is 7.99. The van der Waals surface area contributed by atoms with Crippen molar-refractivity contribution in [2.75, 3.05) is 0 Å². The van der Waals surface area contributed by atoms with E-state index in [-0.39, 0.29) is 22.5 Å². The Balaban J connectivity index is 3.03. The molecule has 0 bridgehead atoms. The van der Waals surface area contributed by atoms with Crippen LogP contribution in [0, 0.1) is 6.92 Å². The predicted octanol–water partition coefficient (Wildman–Crippen LogP) is 1.43. The third-order valence-corrected chi connectivity index (χ3v) is 1.55. The number of hydrogen-bond donors (Lipinski definition) is 0. The van der Waals surface area contributed by atoms with E-state index in [0.29, 0.717) is 0 Å². The minimum Gasteiger partial charge on any atom is -0.465 e. The van der Waals surface area contributed by atoms with Crippen molar-refractivity contribution in [2.45, 2.75) is 13.8 Å². The van der Waals surface area contributed by atoms with E-state index in [1.165, 1.54) is 19.3 Å². The second kappa shape index (κ2) is 3.91. The van der Waals surface area contributed by atoms with Crippen LogP contribution in [-0.2, 0) is 4.79 Å². The van der Waals surface area contributed by atoms with Gasteiger partial charge in [0.25, 0.3) is 0 Å². The molecule has 1 aromatic rings. The topological polar surface area (TPSA) is 56.5 Å². The van der Waals surface area contributed by atoms with Gasteiger partial charge in [0.05, 0.1) is 6.26 Å². The molecule has 4 nitrogen and oxygen atoms in total. The summed E-state index contributed by atoms with van der Waals surface area (Å²) in [6, 6.07) is 1.19. The van der Waals surface area contributed by atoms with Crippen LogP contribution >= 0.6 is 0 Å². The first-order valence-electron chi connectivity index (χ1n) is 3.98. The molecule has 0 aliphatic carbocycles. The molecular formula is C10H10O4. The molecule has 0 aliphatic rings. The van der Waals surface area contributed by atoms with Gasteiger partial charge in [0, 0.05) is 11.6 Å². The summed E-state index contributed by atoms with van der Waals surface area (Å²) in [7, 11) is 0. The minimum atomic E-state index is -0.633. The lowest BCUT2D eigenvalue weighted by molar-refractivity contribution is -0.130. The number of carbonyl (C=O) groups is 1. The first-order valence-corrected chi connectivity index (χ1v) is 3.98. The normalized spacial score (nSPS) is 9.57. The van der Waals surface area contributed by atoms with Crippen molar-refractivity contribution in [2.24, 2.45) is 0 Å². The third kappa shape index (κ3) is 2.10. The van der Waals surface area contributed by atoms with Gasteiger partial charge in [-0.1, -0.05) is 6.58 Å². The highest BCUT2D eigenvalue weighted by Gasteiger charge is 2.12. The van der Waals surface area contributed by atoms with Crippen molar-refractivity contribution in [1.82, 2.24) is 0 Å². The van der Waals surface area contributed by atoms with Crippen LogP contribution in [0.2, 0.25) is 0 Å². The molecule has 0 aliphatic heterocycles. The maximum absolute atomic E-state index is 11.2. The van der Waals surface area contributed by atoms with Gasteiger partial charge >= 0.3 is 5.97 Å². The zero-order valence-electron chi connectivity index (χ0n) is 7.99. The molecule has 0 spiro atoms. The Bertz CT molecular complexity index is 428. The molecule has 0 radical (unpaired) electrons. The lowest BCUT2D eigenvalue weighted by Crippen LogP contribution is -2.15. The van der Waals surface area contributed by atoms with Crippen molar-refractivity contribution in [3.05, 3.63) is 40.5 Å². The van der Waals surface area contributed by atoms with Gasteiger partial charge in [0.15, 0.2) is 0 Å². The number of hydrogen-bond acceptors (Lipinski definition) is 4. The van der Waals surface area contributed by atoms with Crippen molar-refractivity contribution < 1.29 is 13.9 Å². The molecule has 0 aromatic carbocycles. The maximum Gasteiger partial charge on any atom is 0.338 e. The fourth-order valence-electron chi connectivity index (χ4n) is 0.803. The number of rotatable bonds is 2. The Morgan fingerprint density at radius 2 is 2.21 bits per heavy atom. The minimum absolute atomic E-state index is 0.0829. The van der Waals surface area contributed by atoms with Gasteiger partial charge in [0.1, 0.15) is 5.76 Å². The monoisotopic (exact) mass is 194 g/mol. The van der Waals surface area contributed by atoms with Crippen molar-refractivity contribution >= 4 is 5.97 Å². The highest BCUT2D eigenvalue weighted by Crippen LogP contribution is 2.11. The molecule has 0 atom stereocenters. The average Bonchev–Trinajstić information content (AvgIpc) is 2.11. The third-order valence-electron chi connectivity index (χ3n) is 1.55. The molecule has 0 saturated carbocycles. The summed E-state index contributed by atoms with van der Waals surface area (Å²) in [5.74, 6) is -0.445. The summed E-state index contributed by atoms with van der Waals surface area (Å²) < 4.78 is 9.71. The summed E-state index contributed by atoms with van der Waals surface area (Å²) in [6.07, 6.45) is 1.25. The fourth-order valence-corrected chi connectivity index (χ4v) is 0.803. The Morgan fingerprint density at radius 3 is 2.71 bits per heavy atom. The van der Waals surface area contributed by atoms with E-state index in [9.17, 15) is 9.59 Å². The van der Waals surface area contributed by atoms with E-state index in [1.807, 2.05) is 0 Å². The van der Waals surface area contributed by atoms with Gasteiger partial charge in [-0.2, -0.15) is 0 Å². The quantitative estimate of drug-likeness (QED) is 0.528. The van der Waals surface area contributed by atoms with E-state index in [4.69, 9.17) is 9.15 Å². The zero-order chi connectivity index (χ0) is 10.7. The molecule has 1 aromatic heterocycles. The maximum atomic E-state index is 11.2. The first kappa shape index (κ1) is 10.2. The van der Waals surface area contributed by atoms with E-state index in [1.54, 1.807) is 6.92 Å². The van der Waals surface area contributed by atoms with Crippen LogP contribution in [0.1, 0.15) is 12.7 Å². The lowest BCUT2D eigenvalue weighted by Gasteiger charge is -2.03. The summed E-state index contributed by atoms with van der Waals surface area (Å²) in [5, 5.41) is 0. The van der Waals surface area contributed by atoms with E-state index in [2.05, 4.69) is 6.58 Å². The molecule has 0 saturated heterocycles. The highest BCUT2D eigenvalue weighted by molar-refractivity contribution is 5.88. The van der Waals surface area contributed by atoms with Gasteiger partial charge in [-0.15, -0.1) is 0 Å². The number of ether oxygens (including phenoxy) is 1. The Morgan fingerprint density at radius 1 is 1.57 bits per heavy atom. The highest BCUT2D eigenvalue weighted by atomic mass is 16.5. The van der Waals surface area contributed by atoms with Crippen LogP contribution in [-0.4, -0.2) is 5.97 Å². The molecule has 0 fully saturated rings. The molecule has 0 unspecified atom stereocenters. The largest absolute Gasteiger partial charge is 0.465 e. The van der Waals surface area contributed by atoms with Gasteiger partial charge < -0.3 is 9.15 Å². The SMILES string of the molecule is C=C(C)C(=O)Oc1c(C)occc1=O. The molecule has 4 heteroatoms. The summed E-state index contributed by atoms with van der Waals surface area (Å²) in [5.41, 5.74) is -0.156. The van der Waals surface area contributed by atoms with Gasteiger partial charge in [-0.25, -0.2) is 4.79 Å². The van der Waals surface area contributed by atoms with Gasteiger partial charge in [-0.3, -0.25) is 4.79 Å². The standard InChI is InChI=1S/C10H10O4/c1-6(2)10(12)14-9-7(3)13-5-4-8(9)11/h4-5H,1H2,2-3H3. The van der Waals surface area contributed by atoms with Crippen LogP contribution in [0.25, 0.3) is 0 Å². The molecule has 74 valence electrons. The van der Waals surface area contributed by atoms with Gasteiger partial charge in [-0.05, 0) is 13.8 Å². The van der Waals surface area contributed by atoms with Crippen LogP contribution in [0.5, 0.6) is 5.75 Å². The fraction of sp³-hybridized carbons (Fsp3) is 0.200. The molecule has 1 rings (SSSR count). The Kier molecular flexibility index (Phi) is 2.86. The second-order valence-corrected chi connectivity index (χ2v) is 2.84. The van der Waals surface area contributed by atoms with E-state index in [0.717, 1.165) is 0 Å². The molecule has 1 heterocycles. The van der Waals surface area contributed by atoms with Gasteiger partial charge in [0.2, 0.25) is 11.2 Å². The van der Waals surface area contributed by atoms with E-state index >= 15 is 0 Å². The summed E-state index contributed by atoms with van der Waals surface area (Å²) >= 11 is 0. The smallest absolute Gasteiger partial charge is 0.338 e. The van der Waals surface area contributed by atoms with E-state index < -0.39 is 5.97 Å². The Hall–Kier alpha value is -1.84. The second-order valence-electron chi connectivity index (χ2n) is 2.84.